The van der Waals surface area contributed by atoms with Crippen molar-refractivity contribution in [3.63, 3.8) is 0 Å². The van der Waals surface area contributed by atoms with E-state index in [0.29, 0.717) is 13.1 Å². The zero-order valence-corrected chi connectivity index (χ0v) is 11.0. The Balaban J connectivity index is 1.96. The Morgan fingerprint density at radius 3 is 2.68 bits per heavy atom. The lowest BCUT2D eigenvalue weighted by Gasteiger charge is -2.21. The van der Waals surface area contributed by atoms with Crippen molar-refractivity contribution in [1.29, 1.82) is 0 Å². The fourth-order valence-corrected chi connectivity index (χ4v) is 2.37. The van der Waals surface area contributed by atoms with E-state index >= 15 is 0 Å². The average molecular weight is 261 g/mol. The highest BCUT2D eigenvalue weighted by molar-refractivity contribution is 5.83. The lowest BCUT2D eigenvalue weighted by Crippen LogP contribution is -2.40. The molecule has 0 aromatic heterocycles. The van der Waals surface area contributed by atoms with Crippen LogP contribution in [0.1, 0.15) is 24.9 Å². The summed E-state index contributed by atoms with van der Waals surface area (Å²) in [5.74, 6) is -0.147. The van der Waals surface area contributed by atoms with Gasteiger partial charge in [0.15, 0.2) is 0 Å². The van der Waals surface area contributed by atoms with Crippen LogP contribution in [0.4, 0.5) is 0 Å². The van der Waals surface area contributed by atoms with Crippen LogP contribution < -0.4 is 11.1 Å². The molecule has 1 aromatic rings. The van der Waals surface area contributed by atoms with Crippen LogP contribution in [-0.4, -0.2) is 35.8 Å². The molecule has 102 valence electrons. The molecule has 1 saturated heterocycles. The number of hydrogen-bond acceptors (Lipinski definition) is 3. The molecule has 2 unspecified atom stereocenters. The van der Waals surface area contributed by atoms with Crippen molar-refractivity contribution >= 4 is 11.8 Å². The quantitative estimate of drug-likeness (QED) is 0.828. The van der Waals surface area contributed by atoms with Crippen LogP contribution in [0.5, 0.6) is 0 Å². The van der Waals surface area contributed by atoms with E-state index in [1.165, 1.54) is 6.92 Å². The van der Waals surface area contributed by atoms with Gasteiger partial charge in [0.1, 0.15) is 6.04 Å². The zero-order valence-electron chi connectivity index (χ0n) is 11.0. The Morgan fingerprint density at radius 1 is 1.37 bits per heavy atom. The van der Waals surface area contributed by atoms with E-state index in [-0.39, 0.29) is 17.9 Å². The smallest absolute Gasteiger partial charge is 0.244 e. The number of hydrogen-bond donors (Lipinski definition) is 2. The Hall–Kier alpha value is -1.88. The molecule has 1 aliphatic heterocycles. The maximum Gasteiger partial charge on any atom is 0.244 e. The first-order valence-corrected chi connectivity index (χ1v) is 6.44. The highest BCUT2D eigenvalue weighted by Gasteiger charge is 2.30. The Labute approximate surface area is 112 Å². The van der Waals surface area contributed by atoms with Gasteiger partial charge < -0.3 is 16.0 Å². The molecule has 1 fully saturated rings. The maximum atomic E-state index is 12.3. The summed E-state index contributed by atoms with van der Waals surface area (Å²) in [5.41, 5.74) is 6.80. The van der Waals surface area contributed by atoms with Gasteiger partial charge in [0, 0.05) is 26.1 Å². The zero-order chi connectivity index (χ0) is 13.8. The number of benzene rings is 1. The third-order valence-corrected chi connectivity index (χ3v) is 3.33. The van der Waals surface area contributed by atoms with Crippen molar-refractivity contribution in [3.05, 3.63) is 35.9 Å². The van der Waals surface area contributed by atoms with Crippen LogP contribution in [0.25, 0.3) is 0 Å². The molecule has 0 spiro atoms. The van der Waals surface area contributed by atoms with E-state index in [4.69, 9.17) is 5.73 Å². The van der Waals surface area contributed by atoms with Crippen molar-refractivity contribution in [2.75, 3.05) is 13.1 Å². The molecule has 0 bridgehead atoms. The second-order valence-electron chi connectivity index (χ2n) is 4.86. The van der Waals surface area contributed by atoms with Gasteiger partial charge >= 0.3 is 0 Å². The van der Waals surface area contributed by atoms with Crippen LogP contribution in [0.15, 0.2) is 30.3 Å². The summed E-state index contributed by atoms with van der Waals surface area (Å²) < 4.78 is 0. The van der Waals surface area contributed by atoms with Crippen LogP contribution >= 0.6 is 0 Å². The fraction of sp³-hybridized carbons (Fsp3) is 0.429. The van der Waals surface area contributed by atoms with Crippen molar-refractivity contribution < 1.29 is 9.59 Å². The van der Waals surface area contributed by atoms with E-state index in [2.05, 4.69) is 5.32 Å². The van der Waals surface area contributed by atoms with Gasteiger partial charge in [0.25, 0.3) is 0 Å². The van der Waals surface area contributed by atoms with Gasteiger partial charge in [0.2, 0.25) is 11.8 Å². The molecular formula is C14H19N3O2. The van der Waals surface area contributed by atoms with Gasteiger partial charge in [-0.15, -0.1) is 0 Å². The first-order chi connectivity index (χ1) is 9.08. The predicted octanol–water partition coefficient (Wildman–Crippen LogP) is 0.423. The molecule has 2 rings (SSSR count). The molecule has 0 saturated carbocycles. The topological polar surface area (TPSA) is 75.4 Å². The average Bonchev–Trinajstić information content (AvgIpc) is 2.85. The fourth-order valence-electron chi connectivity index (χ4n) is 2.37. The molecule has 0 aliphatic carbocycles. The number of likely N-dealkylation sites (tertiary alicyclic amines) is 1. The van der Waals surface area contributed by atoms with Crippen molar-refractivity contribution in [2.45, 2.75) is 25.4 Å². The minimum atomic E-state index is -0.628. The number of rotatable bonds is 3. The number of nitrogens with zero attached hydrogens (tertiary/aromatic N) is 1. The van der Waals surface area contributed by atoms with Crippen molar-refractivity contribution in [1.82, 2.24) is 10.2 Å². The molecule has 5 heteroatoms. The summed E-state index contributed by atoms with van der Waals surface area (Å²) in [6, 6.07) is 8.75. The Morgan fingerprint density at radius 2 is 2.05 bits per heavy atom. The normalized spacial score (nSPS) is 20.1. The molecule has 1 aliphatic rings. The molecular weight excluding hydrogens is 242 g/mol. The summed E-state index contributed by atoms with van der Waals surface area (Å²) in [4.78, 5) is 25.0. The lowest BCUT2D eigenvalue weighted by molar-refractivity contribution is -0.132. The number of carbonyl (C=O) groups excluding carboxylic acids is 2. The number of nitrogens with one attached hydrogen (secondary N) is 1. The minimum absolute atomic E-state index is 0.0458. The maximum absolute atomic E-state index is 12.3. The second-order valence-corrected chi connectivity index (χ2v) is 4.86. The monoisotopic (exact) mass is 261 g/mol. The molecule has 1 heterocycles. The van der Waals surface area contributed by atoms with E-state index in [1.807, 2.05) is 30.3 Å². The summed E-state index contributed by atoms with van der Waals surface area (Å²) >= 11 is 0. The number of carbonyl (C=O) groups is 2. The van der Waals surface area contributed by atoms with E-state index in [1.54, 1.807) is 4.90 Å². The van der Waals surface area contributed by atoms with Crippen molar-refractivity contribution in [2.24, 2.45) is 5.73 Å². The van der Waals surface area contributed by atoms with Gasteiger partial charge in [-0.1, -0.05) is 30.3 Å². The molecule has 19 heavy (non-hydrogen) atoms. The van der Waals surface area contributed by atoms with Crippen LogP contribution in [0, 0.1) is 0 Å². The molecule has 3 N–H and O–H groups in total. The molecule has 2 atom stereocenters. The number of amides is 2. The van der Waals surface area contributed by atoms with Gasteiger partial charge in [-0.25, -0.2) is 0 Å². The van der Waals surface area contributed by atoms with E-state index in [9.17, 15) is 9.59 Å². The van der Waals surface area contributed by atoms with Crippen LogP contribution in [-0.2, 0) is 9.59 Å². The van der Waals surface area contributed by atoms with Crippen molar-refractivity contribution in [3.8, 4) is 0 Å². The summed E-state index contributed by atoms with van der Waals surface area (Å²) in [6.45, 7) is 2.67. The SMILES string of the molecule is CC(=O)NC1CCN(C(=O)C(N)c2ccccc2)C1. The highest BCUT2D eigenvalue weighted by atomic mass is 16.2. The van der Waals surface area contributed by atoms with E-state index in [0.717, 1.165) is 12.0 Å². The third kappa shape index (κ3) is 3.32. The Kier molecular flexibility index (Phi) is 4.16. The van der Waals surface area contributed by atoms with Gasteiger partial charge in [0.05, 0.1) is 0 Å². The largest absolute Gasteiger partial charge is 0.352 e. The summed E-state index contributed by atoms with van der Waals surface area (Å²) in [7, 11) is 0. The predicted molar refractivity (Wildman–Crippen MR) is 72.2 cm³/mol. The minimum Gasteiger partial charge on any atom is -0.352 e. The molecule has 5 nitrogen and oxygen atoms in total. The lowest BCUT2D eigenvalue weighted by atomic mass is 10.1. The van der Waals surface area contributed by atoms with E-state index < -0.39 is 6.04 Å². The molecule has 0 radical (unpaired) electrons. The molecule has 1 aromatic carbocycles. The van der Waals surface area contributed by atoms with Gasteiger partial charge in [-0.2, -0.15) is 0 Å². The van der Waals surface area contributed by atoms with Gasteiger partial charge in [-0.3, -0.25) is 9.59 Å². The second kappa shape index (κ2) is 5.84. The first kappa shape index (κ1) is 13.5. The summed E-state index contributed by atoms with van der Waals surface area (Å²) in [5, 5.41) is 2.83. The van der Waals surface area contributed by atoms with Gasteiger partial charge in [-0.05, 0) is 12.0 Å². The number of nitrogens with two attached hydrogens (primary N) is 1. The molecule has 2 amide bonds. The first-order valence-electron chi connectivity index (χ1n) is 6.44. The Bertz CT molecular complexity index is 461. The third-order valence-electron chi connectivity index (χ3n) is 3.33. The highest BCUT2D eigenvalue weighted by Crippen LogP contribution is 2.17. The van der Waals surface area contributed by atoms with Crippen LogP contribution in [0.3, 0.4) is 0 Å². The summed E-state index contributed by atoms with van der Waals surface area (Å²) in [6.07, 6.45) is 0.785. The van der Waals surface area contributed by atoms with Crippen LogP contribution in [0.2, 0.25) is 0 Å². The standard InChI is InChI=1S/C14H19N3O2/c1-10(18)16-12-7-8-17(9-12)14(19)13(15)11-5-3-2-4-6-11/h2-6,12-13H,7-9,15H2,1H3,(H,16,18).